The minimum Gasteiger partial charge on any atom is -0.489 e. The predicted molar refractivity (Wildman–Crippen MR) is 91.4 cm³/mol. The molecule has 0 aliphatic rings. The summed E-state index contributed by atoms with van der Waals surface area (Å²) in [6.45, 7) is 0.312. The minimum absolute atomic E-state index is 0.195. The first kappa shape index (κ1) is 17.2. The van der Waals surface area contributed by atoms with E-state index in [1.54, 1.807) is 50.5 Å². The summed E-state index contributed by atoms with van der Waals surface area (Å²) in [6.07, 6.45) is 0.314. The molecule has 0 spiro atoms. The maximum absolute atomic E-state index is 11.6. The topological polar surface area (TPSA) is 74.6 Å². The number of amides is 2. The van der Waals surface area contributed by atoms with Crippen molar-refractivity contribution in [2.24, 2.45) is 0 Å². The SMILES string of the molecule is CN(C)C(=O)Nc1ccc(Oc2ccccc2OCCC#N)cc1. The Balaban J connectivity index is 2.04. The van der Waals surface area contributed by atoms with Crippen LogP contribution in [0.5, 0.6) is 17.2 Å². The number of para-hydroxylation sites is 2. The lowest BCUT2D eigenvalue weighted by Crippen LogP contribution is -2.27. The molecule has 0 saturated heterocycles. The highest BCUT2D eigenvalue weighted by Crippen LogP contribution is 2.31. The van der Waals surface area contributed by atoms with Gasteiger partial charge in [0, 0.05) is 19.8 Å². The van der Waals surface area contributed by atoms with Gasteiger partial charge in [-0.05, 0) is 36.4 Å². The van der Waals surface area contributed by atoms with Gasteiger partial charge in [-0.15, -0.1) is 0 Å². The Labute approximate surface area is 141 Å². The van der Waals surface area contributed by atoms with Crippen molar-refractivity contribution in [3.05, 3.63) is 48.5 Å². The molecule has 0 atom stereocenters. The Hall–Kier alpha value is -3.20. The monoisotopic (exact) mass is 325 g/mol. The summed E-state index contributed by atoms with van der Waals surface area (Å²) in [5, 5.41) is 11.3. The van der Waals surface area contributed by atoms with Gasteiger partial charge in [0.15, 0.2) is 11.5 Å². The van der Waals surface area contributed by atoms with Crippen LogP contribution in [0, 0.1) is 11.3 Å². The number of benzene rings is 2. The van der Waals surface area contributed by atoms with Crippen LogP contribution < -0.4 is 14.8 Å². The number of anilines is 1. The number of nitrogens with zero attached hydrogens (tertiary/aromatic N) is 2. The average Bonchev–Trinajstić information content (AvgIpc) is 2.58. The first-order valence-corrected chi connectivity index (χ1v) is 7.45. The first-order valence-electron chi connectivity index (χ1n) is 7.45. The van der Waals surface area contributed by atoms with Crippen LogP contribution in [0.2, 0.25) is 0 Å². The van der Waals surface area contributed by atoms with E-state index in [-0.39, 0.29) is 6.03 Å². The van der Waals surface area contributed by atoms with Gasteiger partial charge in [0.2, 0.25) is 0 Å². The molecule has 6 nitrogen and oxygen atoms in total. The molecule has 0 aliphatic carbocycles. The van der Waals surface area contributed by atoms with Crippen LogP contribution in [-0.4, -0.2) is 31.6 Å². The highest BCUT2D eigenvalue weighted by molar-refractivity contribution is 5.88. The number of urea groups is 1. The zero-order valence-corrected chi connectivity index (χ0v) is 13.7. The average molecular weight is 325 g/mol. The predicted octanol–water partition coefficient (Wildman–Crippen LogP) is 3.86. The number of hydrogen-bond donors (Lipinski definition) is 1. The number of carbonyl (C=O) groups excluding carboxylic acids is 1. The van der Waals surface area contributed by atoms with Crippen molar-refractivity contribution in [2.45, 2.75) is 6.42 Å². The quantitative estimate of drug-likeness (QED) is 0.818. The van der Waals surface area contributed by atoms with Gasteiger partial charge in [-0.3, -0.25) is 0 Å². The summed E-state index contributed by atoms with van der Waals surface area (Å²) >= 11 is 0. The number of nitriles is 1. The standard InChI is InChI=1S/C18H19N3O3/c1-21(2)18(22)20-14-8-10-15(11-9-14)24-17-7-4-3-6-16(17)23-13-5-12-19/h3-4,6-11H,5,13H2,1-2H3,(H,20,22). The van der Waals surface area contributed by atoms with Gasteiger partial charge >= 0.3 is 6.03 Å². The van der Waals surface area contributed by atoms with Gasteiger partial charge in [0.1, 0.15) is 12.4 Å². The van der Waals surface area contributed by atoms with Crippen molar-refractivity contribution in [1.82, 2.24) is 4.90 Å². The highest BCUT2D eigenvalue weighted by Gasteiger charge is 2.07. The maximum atomic E-state index is 11.6. The molecule has 1 N–H and O–H groups in total. The number of carbonyl (C=O) groups is 1. The minimum atomic E-state index is -0.195. The first-order chi connectivity index (χ1) is 11.6. The molecule has 2 rings (SSSR count). The van der Waals surface area contributed by atoms with E-state index in [0.29, 0.717) is 36.0 Å². The summed E-state index contributed by atoms with van der Waals surface area (Å²) in [4.78, 5) is 13.1. The second kappa shape index (κ2) is 8.44. The lowest BCUT2D eigenvalue weighted by molar-refractivity contribution is 0.230. The Kier molecular flexibility index (Phi) is 6.03. The van der Waals surface area contributed by atoms with Crippen molar-refractivity contribution in [1.29, 1.82) is 5.26 Å². The van der Waals surface area contributed by atoms with Crippen LogP contribution in [0.15, 0.2) is 48.5 Å². The summed E-state index contributed by atoms with van der Waals surface area (Å²) in [7, 11) is 3.35. The summed E-state index contributed by atoms with van der Waals surface area (Å²) < 4.78 is 11.4. The molecule has 0 fully saturated rings. The molecular weight excluding hydrogens is 306 g/mol. The summed E-state index contributed by atoms with van der Waals surface area (Å²) in [6, 6.07) is 16.2. The normalized spacial score (nSPS) is 9.71. The van der Waals surface area contributed by atoms with Gasteiger partial charge < -0.3 is 19.7 Å². The number of ether oxygens (including phenoxy) is 2. The Morgan fingerprint density at radius 3 is 2.42 bits per heavy atom. The molecule has 6 heteroatoms. The van der Waals surface area contributed by atoms with Crippen molar-refractivity contribution in [2.75, 3.05) is 26.0 Å². The van der Waals surface area contributed by atoms with E-state index in [0.717, 1.165) is 0 Å². The Morgan fingerprint density at radius 1 is 1.12 bits per heavy atom. The highest BCUT2D eigenvalue weighted by atomic mass is 16.5. The third-order valence-corrected chi connectivity index (χ3v) is 3.06. The van der Waals surface area contributed by atoms with E-state index in [1.807, 2.05) is 18.2 Å². The molecule has 2 amide bonds. The molecule has 0 heterocycles. The second-order valence-corrected chi connectivity index (χ2v) is 5.15. The molecule has 0 bridgehead atoms. The molecule has 24 heavy (non-hydrogen) atoms. The van der Waals surface area contributed by atoms with E-state index < -0.39 is 0 Å². The van der Waals surface area contributed by atoms with Gasteiger partial charge in [-0.1, -0.05) is 12.1 Å². The van der Waals surface area contributed by atoms with Gasteiger partial charge in [0.25, 0.3) is 0 Å². The van der Waals surface area contributed by atoms with Crippen LogP contribution in [0.25, 0.3) is 0 Å². The van der Waals surface area contributed by atoms with E-state index in [1.165, 1.54) is 4.90 Å². The van der Waals surface area contributed by atoms with Gasteiger partial charge in [0.05, 0.1) is 12.5 Å². The summed E-state index contributed by atoms with van der Waals surface area (Å²) in [5.74, 6) is 1.77. The lowest BCUT2D eigenvalue weighted by atomic mass is 10.3. The number of rotatable bonds is 6. The van der Waals surface area contributed by atoms with E-state index in [4.69, 9.17) is 14.7 Å². The molecule has 2 aromatic carbocycles. The third-order valence-electron chi connectivity index (χ3n) is 3.06. The number of nitrogens with one attached hydrogen (secondary N) is 1. The van der Waals surface area contributed by atoms with Crippen LogP contribution >= 0.6 is 0 Å². The molecular formula is C18H19N3O3. The van der Waals surface area contributed by atoms with E-state index >= 15 is 0 Å². The van der Waals surface area contributed by atoms with Crippen LogP contribution in [0.3, 0.4) is 0 Å². The molecule has 0 saturated carbocycles. The Morgan fingerprint density at radius 2 is 1.79 bits per heavy atom. The zero-order valence-electron chi connectivity index (χ0n) is 13.7. The van der Waals surface area contributed by atoms with Crippen molar-refractivity contribution in [3.8, 4) is 23.3 Å². The molecule has 0 aromatic heterocycles. The van der Waals surface area contributed by atoms with Crippen LogP contribution in [0.1, 0.15) is 6.42 Å². The maximum Gasteiger partial charge on any atom is 0.321 e. The van der Waals surface area contributed by atoms with Gasteiger partial charge in [-0.2, -0.15) is 5.26 Å². The fourth-order valence-corrected chi connectivity index (χ4v) is 1.83. The van der Waals surface area contributed by atoms with Crippen molar-refractivity contribution in [3.63, 3.8) is 0 Å². The smallest absolute Gasteiger partial charge is 0.321 e. The third kappa shape index (κ3) is 4.92. The van der Waals surface area contributed by atoms with Crippen molar-refractivity contribution >= 4 is 11.7 Å². The van der Waals surface area contributed by atoms with Crippen LogP contribution in [0.4, 0.5) is 10.5 Å². The van der Waals surface area contributed by atoms with Crippen LogP contribution in [-0.2, 0) is 0 Å². The molecule has 0 radical (unpaired) electrons. The van der Waals surface area contributed by atoms with Crippen molar-refractivity contribution < 1.29 is 14.3 Å². The van der Waals surface area contributed by atoms with E-state index in [9.17, 15) is 4.79 Å². The molecule has 2 aromatic rings. The Bertz CT molecular complexity index is 721. The number of hydrogen-bond acceptors (Lipinski definition) is 4. The van der Waals surface area contributed by atoms with E-state index in [2.05, 4.69) is 5.32 Å². The molecule has 0 unspecified atom stereocenters. The fourth-order valence-electron chi connectivity index (χ4n) is 1.83. The molecule has 0 aliphatic heterocycles. The lowest BCUT2D eigenvalue weighted by Gasteiger charge is -2.13. The fraction of sp³-hybridized carbons (Fsp3) is 0.222. The van der Waals surface area contributed by atoms with Gasteiger partial charge in [-0.25, -0.2) is 4.79 Å². The zero-order chi connectivity index (χ0) is 17.4. The second-order valence-electron chi connectivity index (χ2n) is 5.15. The summed E-state index contributed by atoms with van der Waals surface area (Å²) in [5.41, 5.74) is 0.680. The largest absolute Gasteiger partial charge is 0.489 e. The molecule has 124 valence electrons.